The molecular weight excluding hydrogens is 248 g/mol. The van der Waals surface area contributed by atoms with E-state index < -0.39 is 0 Å². The van der Waals surface area contributed by atoms with Crippen LogP contribution in [0.1, 0.15) is 50.0 Å². The highest BCUT2D eigenvalue weighted by Gasteiger charge is 2.33. The number of ether oxygens (including phenoxy) is 1. The second kappa shape index (κ2) is 4.63. The van der Waals surface area contributed by atoms with Crippen LogP contribution in [-0.2, 0) is 11.2 Å². The van der Waals surface area contributed by atoms with Crippen LogP contribution in [0, 0.1) is 10.7 Å². The molecule has 1 saturated carbocycles. The Labute approximate surface area is 111 Å². The molecule has 98 valence electrons. The van der Waals surface area contributed by atoms with Crippen molar-refractivity contribution in [2.24, 2.45) is 5.92 Å². The van der Waals surface area contributed by atoms with Crippen LogP contribution in [0.4, 0.5) is 0 Å². The van der Waals surface area contributed by atoms with Gasteiger partial charge >= 0.3 is 0 Å². The van der Waals surface area contributed by atoms with E-state index in [-0.39, 0.29) is 17.8 Å². The van der Waals surface area contributed by atoms with E-state index >= 15 is 0 Å². The van der Waals surface area contributed by atoms with Gasteiger partial charge in [-0.1, -0.05) is 12.8 Å². The topological polar surface area (TPSA) is 57.9 Å². The van der Waals surface area contributed by atoms with Gasteiger partial charge in [0, 0.05) is 12.1 Å². The van der Waals surface area contributed by atoms with Crippen molar-refractivity contribution in [3.63, 3.8) is 0 Å². The van der Waals surface area contributed by atoms with Gasteiger partial charge in [0.2, 0.25) is 0 Å². The van der Waals surface area contributed by atoms with Crippen molar-refractivity contribution in [3.8, 4) is 0 Å². The maximum Gasteiger partial charge on any atom is 0.257 e. The molecule has 2 aliphatic rings. The number of aromatic nitrogens is 2. The first kappa shape index (κ1) is 12.1. The van der Waals surface area contributed by atoms with Gasteiger partial charge in [0.1, 0.15) is 0 Å². The summed E-state index contributed by atoms with van der Waals surface area (Å²) >= 11 is 5.05. The van der Waals surface area contributed by atoms with Crippen molar-refractivity contribution < 1.29 is 4.74 Å². The number of rotatable bonds is 1. The molecule has 2 atom stereocenters. The van der Waals surface area contributed by atoms with E-state index in [9.17, 15) is 4.79 Å². The summed E-state index contributed by atoms with van der Waals surface area (Å²) in [5.41, 5.74) is 1.59. The van der Waals surface area contributed by atoms with Crippen LogP contribution in [-0.4, -0.2) is 16.1 Å². The molecule has 0 radical (unpaired) electrons. The monoisotopic (exact) mass is 266 g/mol. The summed E-state index contributed by atoms with van der Waals surface area (Å²) in [4.78, 5) is 17.7. The van der Waals surface area contributed by atoms with Crippen LogP contribution >= 0.6 is 12.2 Å². The van der Waals surface area contributed by atoms with Gasteiger partial charge in [-0.15, -0.1) is 0 Å². The molecule has 0 unspecified atom stereocenters. The Morgan fingerprint density at radius 3 is 2.72 bits per heavy atom. The Balaban J connectivity index is 1.96. The summed E-state index contributed by atoms with van der Waals surface area (Å²) < 4.78 is 6.46. The summed E-state index contributed by atoms with van der Waals surface area (Å²) in [7, 11) is 0. The number of aromatic amines is 2. The molecule has 18 heavy (non-hydrogen) atoms. The van der Waals surface area contributed by atoms with Crippen LogP contribution < -0.4 is 5.56 Å². The predicted octanol–water partition coefficient (Wildman–Crippen LogP) is 2.62. The predicted molar refractivity (Wildman–Crippen MR) is 71.2 cm³/mol. The van der Waals surface area contributed by atoms with Crippen molar-refractivity contribution in [1.29, 1.82) is 0 Å². The molecule has 2 heterocycles. The molecular formula is C13H18N2O2S. The number of hydrogen-bond donors (Lipinski definition) is 2. The normalized spacial score (nSPS) is 28.3. The van der Waals surface area contributed by atoms with Crippen LogP contribution in [0.3, 0.4) is 0 Å². The average molecular weight is 266 g/mol. The average Bonchev–Trinajstić information content (AvgIpc) is 2.80. The Kier molecular flexibility index (Phi) is 3.11. The minimum Gasteiger partial charge on any atom is -0.370 e. The van der Waals surface area contributed by atoms with Crippen LogP contribution in [0.2, 0.25) is 0 Å². The molecule has 5 heteroatoms. The van der Waals surface area contributed by atoms with Crippen LogP contribution in [0.25, 0.3) is 0 Å². The SMILES string of the molecule is C[C@@H]1O[C@H](C2CCCC2)Cc2[nH]c(=S)[nH]c(=O)c21. The zero-order chi connectivity index (χ0) is 12.7. The lowest BCUT2D eigenvalue weighted by Crippen LogP contribution is -2.35. The fourth-order valence-corrected chi connectivity index (χ4v) is 3.54. The highest BCUT2D eigenvalue weighted by molar-refractivity contribution is 7.71. The summed E-state index contributed by atoms with van der Waals surface area (Å²) in [6.45, 7) is 1.95. The number of H-pyrrole nitrogens is 2. The molecule has 0 spiro atoms. The van der Waals surface area contributed by atoms with Gasteiger partial charge in [0.05, 0.1) is 17.8 Å². The van der Waals surface area contributed by atoms with E-state index in [2.05, 4.69) is 9.97 Å². The zero-order valence-corrected chi connectivity index (χ0v) is 11.3. The molecule has 0 bridgehead atoms. The van der Waals surface area contributed by atoms with Gasteiger partial charge in [-0.05, 0) is 37.9 Å². The van der Waals surface area contributed by atoms with E-state index in [1.54, 1.807) is 0 Å². The van der Waals surface area contributed by atoms with Crippen LogP contribution in [0.15, 0.2) is 4.79 Å². The fraction of sp³-hybridized carbons (Fsp3) is 0.692. The lowest BCUT2D eigenvalue weighted by atomic mass is 9.91. The third-order valence-electron chi connectivity index (χ3n) is 4.18. The smallest absolute Gasteiger partial charge is 0.257 e. The third-order valence-corrected chi connectivity index (χ3v) is 4.38. The van der Waals surface area contributed by atoms with E-state index in [1.165, 1.54) is 25.7 Å². The quantitative estimate of drug-likeness (QED) is 0.768. The molecule has 1 aromatic rings. The number of hydrogen-bond acceptors (Lipinski definition) is 3. The second-order valence-electron chi connectivity index (χ2n) is 5.37. The lowest BCUT2D eigenvalue weighted by molar-refractivity contribution is -0.0477. The molecule has 4 nitrogen and oxygen atoms in total. The first-order valence-corrected chi connectivity index (χ1v) is 7.07. The van der Waals surface area contributed by atoms with E-state index in [0.29, 0.717) is 10.7 Å². The number of fused-ring (bicyclic) bond motifs is 1. The largest absolute Gasteiger partial charge is 0.370 e. The molecule has 0 aromatic carbocycles. The zero-order valence-electron chi connectivity index (χ0n) is 10.5. The molecule has 1 aliphatic carbocycles. The molecule has 3 rings (SSSR count). The Morgan fingerprint density at radius 1 is 1.28 bits per heavy atom. The Morgan fingerprint density at radius 2 is 2.00 bits per heavy atom. The van der Waals surface area contributed by atoms with Gasteiger partial charge in [0.15, 0.2) is 4.77 Å². The summed E-state index contributed by atoms with van der Waals surface area (Å²) in [6.07, 6.45) is 5.98. The maximum atomic E-state index is 11.9. The standard InChI is InChI=1S/C13H18N2O2S/c1-7-11-9(14-13(18)15-12(11)16)6-10(17-7)8-4-2-3-5-8/h7-8,10H,2-6H2,1H3,(H2,14,15,16,18)/t7-,10-/m0/s1. The van der Waals surface area contributed by atoms with Crippen molar-refractivity contribution in [1.82, 2.24) is 9.97 Å². The van der Waals surface area contributed by atoms with Gasteiger partial charge in [-0.25, -0.2) is 0 Å². The highest BCUT2D eigenvalue weighted by Crippen LogP contribution is 2.36. The number of nitrogens with one attached hydrogen (secondary N) is 2. The first-order chi connectivity index (χ1) is 8.65. The van der Waals surface area contributed by atoms with E-state index in [4.69, 9.17) is 17.0 Å². The Hall–Kier alpha value is -0.940. The van der Waals surface area contributed by atoms with Crippen molar-refractivity contribution in [3.05, 3.63) is 26.4 Å². The fourth-order valence-electron chi connectivity index (χ4n) is 3.32. The van der Waals surface area contributed by atoms with Gasteiger partial charge in [-0.3, -0.25) is 9.78 Å². The van der Waals surface area contributed by atoms with Crippen molar-refractivity contribution >= 4 is 12.2 Å². The molecule has 1 aliphatic heterocycles. The highest BCUT2D eigenvalue weighted by atomic mass is 32.1. The lowest BCUT2D eigenvalue weighted by Gasteiger charge is -2.32. The maximum absolute atomic E-state index is 11.9. The molecule has 2 N–H and O–H groups in total. The van der Waals surface area contributed by atoms with Crippen molar-refractivity contribution in [2.75, 3.05) is 0 Å². The minimum absolute atomic E-state index is 0.105. The molecule has 1 fully saturated rings. The van der Waals surface area contributed by atoms with Gasteiger partial charge < -0.3 is 9.72 Å². The van der Waals surface area contributed by atoms with Crippen LogP contribution in [0.5, 0.6) is 0 Å². The summed E-state index contributed by atoms with van der Waals surface area (Å²) in [5, 5.41) is 0. The third kappa shape index (κ3) is 2.06. The van der Waals surface area contributed by atoms with E-state index in [0.717, 1.165) is 17.7 Å². The van der Waals surface area contributed by atoms with Gasteiger partial charge in [0.25, 0.3) is 5.56 Å². The minimum atomic E-state index is -0.144. The second-order valence-corrected chi connectivity index (χ2v) is 5.77. The first-order valence-electron chi connectivity index (χ1n) is 6.66. The van der Waals surface area contributed by atoms with Crippen molar-refractivity contribution in [2.45, 2.75) is 51.2 Å². The Bertz CT molecular complexity index is 557. The molecule has 0 amide bonds. The van der Waals surface area contributed by atoms with Gasteiger partial charge in [-0.2, -0.15) is 0 Å². The summed E-state index contributed by atoms with van der Waals surface area (Å²) in [5.74, 6) is 0.641. The van der Waals surface area contributed by atoms with E-state index in [1.807, 2.05) is 6.92 Å². The molecule has 0 saturated heterocycles. The summed E-state index contributed by atoms with van der Waals surface area (Å²) in [6, 6.07) is 0. The molecule has 1 aromatic heterocycles.